The van der Waals surface area contributed by atoms with Crippen molar-refractivity contribution in [1.29, 1.82) is 0 Å². The van der Waals surface area contributed by atoms with Gasteiger partial charge < -0.3 is 24.8 Å². The van der Waals surface area contributed by atoms with Crippen molar-refractivity contribution >= 4 is 58.0 Å². The fourth-order valence-electron chi connectivity index (χ4n) is 4.11. The number of nitrogens with zero attached hydrogens (tertiary/aromatic N) is 1. The summed E-state index contributed by atoms with van der Waals surface area (Å²) in [4.78, 5) is 25.2. The molecule has 0 aromatic heterocycles. The Kier molecular flexibility index (Phi) is 10.8. The second-order valence-corrected chi connectivity index (χ2v) is 10.6. The molecule has 0 spiro atoms. The van der Waals surface area contributed by atoms with Crippen LogP contribution in [0.5, 0.6) is 11.5 Å². The van der Waals surface area contributed by atoms with Crippen LogP contribution in [0.1, 0.15) is 36.6 Å². The van der Waals surface area contributed by atoms with E-state index >= 15 is 0 Å². The van der Waals surface area contributed by atoms with Gasteiger partial charge in [-0.2, -0.15) is 5.10 Å². The summed E-state index contributed by atoms with van der Waals surface area (Å²) in [6, 6.07) is 18.1. The van der Waals surface area contributed by atoms with Crippen molar-refractivity contribution in [3.63, 3.8) is 0 Å². The lowest BCUT2D eigenvalue weighted by Gasteiger charge is -2.30. The first-order chi connectivity index (χ1) is 20.2. The van der Waals surface area contributed by atoms with Crippen LogP contribution in [0.4, 0.5) is 4.39 Å². The number of amides is 1. The standard InChI is InChI=1S/C30H28FIN4O5S/c1-3-39-29(38)27-18(2)34-30(42)35-28(27)22-9-4-5-10-24(22)41-17-26(37)36-33-15-19-11-12-25(23(32)14-19)40-16-20-7-6-8-21(31)13-20/h4-15,28H,3,16-17H2,1-2H3,(H,36,37)(H2,34,35,42)/t28-/m1/s1. The van der Waals surface area contributed by atoms with Crippen LogP contribution >= 0.6 is 34.8 Å². The molecule has 0 aliphatic carbocycles. The van der Waals surface area contributed by atoms with Crippen molar-refractivity contribution in [2.75, 3.05) is 13.2 Å². The minimum atomic E-state index is -0.627. The fraction of sp³-hybridized carbons (Fsp3) is 0.200. The number of benzene rings is 3. The van der Waals surface area contributed by atoms with Crippen molar-refractivity contribution in [3.05, 3.63) is 104 Å². The molecule has 3 N–H and O–H groups in total. The number of carbonyl (C=O) groups is 2. The van der Waals surface area contributed by atoms with Crippen molar-refractivity contribution in [3.8, 4) is 11.5 Å². The van der Waals surface area contributed by atoms with E-state index in [1.54, 1.807) is 62.4 Å². The van der Waals surface area contributed by atoms with Gasteiger partial charge in [-0.1, -0.05) is 30.3 Å². The molecule has 3 aromatic rings. The van der Waals surface area contributed by atoms with Gasteiger partial charge in [0.1, 0.15) is 23.9 Å². The molecule has 1 heterocycles. The normalized spacial score (nSPS) is 14.7. The van der Waals surface area contributed by atoms with E-state index in [-0.39, 0.29) is 25.6 Å². The smallest absolute Gasteiger partial charge is 0.338 e. The van der Waals surface area contributed by atoms with E-state index in [0.29, 0.717) is 33.4 Å². The summed E-state index contributed by atoms with van der Waals surface area (Å²) >= 11 is 7.44. The molecular formula is C30H28FIN4O5S. The minimum Gasteiger partial charge on any atom is -0.488 e. The van der Waals surface area contributed by atoms with E-state index in [4.69, 9.17) is 26.4 Å². The van der Waals surface area contributed by atoms with Crippen LogP contribution in [0.15, 0.2) is 83.1 Å². The summed E-state index contributed by atoms with van der Waals surface area (Å²) in [6.45, 7) is 3.62. The van der Waals surface area contributed by atoms with Gasteiger partial charge in [-0.25, -0.2) is 14.6 Å². The highest BCUT2D eigenvalue weighted by Crippen LogP contribution is 2.33. The van der Waals surface area contributed by atoms with Gasteiger partial charge in [-0.15, -0.1) is 0 Å². The number of thiocarbonyl (C=S) groups is 1. The predicted molar refractivity (Wildman–Crippen MR) is 169 cm³/mol. The highest BCUT2D eigenvalue weighted by Gasteiger charge is 2.32. The van der Waals surface area contributed by atoms with Gasteiger partial charge in [0.2, 0.25) is 0 Å². The molecule has 0 saturated heterocycles. The first kappa shape index (κ1) is 30.9. The summed E-state index contributed by atoms with van der Waals surface area (Å²) in [5, 5.41) is 10.4. The van der Waals surface area contributed by atoms with Crippen molar-refractivity contribution in [1.82, 2.24) is 16.1 Å². The summed E-state index contributed by atoms with van der Waals surface area (Å²) < 4.78 is 31.1. The van der Waals surface area contributed by atoms with Gasteiger partial charge in [-0.05, 0) is 96.2 Å². The Morgan fingerprint density at radius 2 is 1.90 bits per heavy atom. The number of allylic oxidation sites excluding steroid dienone is 1. The van der Waals surface area contributed by atoms with Gasteiger partial charge in [0, 0.05) is 11.3 Å². The molecule has 218 valence electrons. The SMILES string of the molecule is CCOC(=O)C1=C(C)NC(=S)N[C@@H]1c1ccccc1OCC(=O)NN=Cc1ccc(OCc2cccc(F)c2)c(I)c1. The Morgan fingerprint density at radius 1 is 1.10 bits per heavy atom. The average molecular weight is 703 g/mol. The largest absolute Gasteiger partial charge is 0.488 e. The number of halogens is 2. The molecule has 1 aliphatic heterocycles. The van der Waals surface area contributed by atoms with E-state index in [9.17, 15) is 14.0 Å². The number of rotatable bonds is 11. The van der Waals surface area contributed by atoms with Crippen LogP contribution in [0.25, 0.3) is 0 Å². The number of esters is 1. The second-order valence-electron chi connectivity index (χ2n) is 9.02. The zero-order valence-electron chi connectivity index (χ0n) is 22.8. The maximum absolute atomic E-state index is 13.4. The molecule has 12 heteroatoms. The van der Waals surface area contributed by atoms with E-state index in [0.717, 1.165) is 14.7 Å². The highest BCUT2D eigenvalue weighted by molar-refractivity contribution is 14.1. The summed E-state index contributed by atoms with van der Waals surface area (Å²) in [5.41, 5.74) is 5.48. The Hall–Kier alpha value is -4.04. The van der Waals surface area contributed by atoms with E-state index in [1.165, 1.54) is 18.3 Å². The molecule has 42 heavy (non-hydrogen) atoms. The Bertz CT molecular complexity index is 1550. The van der Waals surface area contributed by atoms with Crippen LogP contribution in [0, 0.1) is 9.39 Å². The monoisotopic (exact) mass is 702 g/mol. The lowest BCUT2D eigenvalue weighted by molar-refractivity contribution is -0.139. The number of ether oxygens (including phenoxy) is 3. The first-order valence-corrected chi connectivity index (χ1v) is 14.4. The lowest BCUT2D eigenvalue weighted by Crippen LogP contribution is -2.45. The predicted octanol–water partition coefficient (Wildman–Crippen LogP) is 4.89. The molecule has 1 atom stereocenters. The van der Waals surface area contributed by atoms with Gasteiger partial charge in [0.25, 0.3) is 5.91 Å². The molecule has 0 bridgehead atoms. The third kappa shape index (κ3) is 8.26. The molecule has 9 nitrogen and oxygen atoms in total. The Balaban J connectivity index is 1.35. The Labute approximate surface area is 261 Å². The number of hydrogen-bond donors (Lipinski definition) is 3. The number of carbonyl (C=O) groups excluding carboxylic acids is 2. The maximum Gasteiger partial charge on any atom is 0.338 e. The van der Waals surface area contributed by atoms with E-state index in [2.05, 4.69) is 43.8 Å². The number of para-hydroxylation sites is 1. The molecule has 0 fully saturated rings. The quantitative estimate of drug-likeness (QED) is 0.0853. The molecule has 0 radical (unpaired) electrons. The zero-order valence-corrected chi connectivity index (χ0v) is 25.8. The third-order valence-electron chi connectivity index (χ3n) is 6.00. The average Bonchev–Trinajstić information content (AvgIpc) is 2.95. The van der Waals surface area contributed by atoms with E-state index in [1.807, 2.05) is 6.07 Å². The van der Waals surface area contributed by atoms with Crippen LogP contribution in [-0.4, -0.2) is 36.4 Å². The third-order valence-corrected chi connectivity index (χ3v) is 7.06. The summed E-state index contributed by atoms with van der Waals surface area (Å²) in [6.07, 6.45) is 1.50. The molecule has 3 aromatic carbocycles. The zero-order chi connectivity index (χ0) is 30.1. The van der Waals surface area contributed by atoms with Crippen LogP contribution in [-0.2, 0) is 20.9 Å². The molecule has 0 saturated carbocycles. The Morgan fingerprint density at radius 3 is 2.67 bits per heavy atom. The van der Waals surface area contributed by atoms with Crippen molar-refractivity contribution in [2.24, 2.45) is 5.10 Å². The molecule has 0 unspecified atom stereocenters. The minimum absolute atomic E-state index is 0.221. The van der Waals surface area contributed by atoms with Crippen molar-refractivity contribution < 1.29 is 28.2 Å². The van der Waals surface area contributed by atoms with Crippen LogP contribution in [0.3, 0.4) is 0 Å². The number of nitrogens with one attached hydrogen (secondary N) is 3. The maximum atomic E-state index is 13.4. The highest BCUT2D eigenvalue weighted by atomic mass is 127. The summed E-state index contributed by atoms with van der Waals surface area (Å²) in [5.74, 6) is -0.222. The topological polar surface area (TPSA) is 110 Å². The van der Waals surface area contributed by atoms with Gasteiger partial charge in [0.15, 0.2) is 11.7 Å². The lowest BCUT2D eigenvalue weighted by atomic mass is 9.95. The molecule has 4 rings (SSSR count). The van der Waals surface area contributed by atoms with Gasteiger partial charge >= 0.3 is 5.97 Å². The van der Waals surface area contributed by atoms with Gasteiger partial charge in [-0.3, -0.25) is 4.79 Å². The fourth-order valence-corrected chi connectivity index (χ4v) is 5.08. The van der Waals surface area contributed by atoms with Gasteiger partial charge in [0.05, 0.1) is 28.0 Å². The van der Waals surface area contributed by atoms with Crippen molar-refractivity contribution in [2.45, 2.75) is 26.5 Å². The molecular weight excluding hydrogens is 674 g/mol. The van der Waals surface area contributed by atoms with Crippen LogP contribution < -0.4 is 25.5 Å². The number of hydrogen-bond acceptors (Lipinski definition) is 7. The van der Waals surface area contributed by atoms with Crippen LogP contribution in [0.2, 0.25) is 0 Å². The van der Waals surface area contributed by atoms with E-state index < -0.39 is 17.9 Å². The second kappa shape index (κ2) is 14.7. The first-order valence-electron chi connectivity index (χ1n) is 12.9. The number of hydrazone groups is 1. The molecule has 1 aliphatic rings. The molecule has 1 amide bonds. The summed E-state index contributed by atoms with van der Waals surface area (Å²) in [7, 11) is 0.